The van der Waals surface area contributed by atoms with Gasteiger partial charge in [0.1, 0.15) is 17.5 Å². The Morgan fingerprint density at radius 1 is 1.00 bits per heavy atom. The Labute approximate surface area is 230 Å². The molecule has 0 aliphatic carbocycles. The summed E-state index contributed by atoms with van der Waals surface area (Å²) in [5, 5.41) is 10.1. The molecule has 0 spiro atoms. The lowest BCUT2D eigenvalue weighted by atomic mass is 9.83. The Kier molecular flexibility index (Phi) is 6.55. The van der Waals surface area contributed by atoms with Crippen LogP contribution in [0.15, 0.2) is 58.4 Å². The Morgan fingerprint density at radius 2 is 1.68 bits per heavy atom. The van der Waals surface area contributed by atoms with E-state index in [1.165, 1.54) is 33.4 Å². The van der Waals surface area contributed by atoms with E-state index in [-0.39, 0.29) is 34.9 Å². The summed E-state index contributed by atoms with van der Waals surface area (Å²) in [7, 11) is 0. The minimum absolute atomic E-state index is 0.0641. The van der Waals surface area contributed by atoms with Crippen LogP contribution < -0.4 is 9.77 Å². The maximum atomic E-state index is 13.8. The zero-order valence-electron chi connectivity index (χ0n) is 19.9. The number of rotatable bonds is 4. The molecule has 38 heavy (non-hydrogen) atoms. The number of aromatic hydroxyl groups is 1. The van der Waals surface area contributed by atoms with Crippen molar-refractivity contribution < 1.29 is 24.2 Å². The van der Waals surface area contributed by atoms with Crippen LogP contribution in [0.3, 0.4) is 0 Å². The molecule has 2 fully saturated rings. The predicted molar refractivity (Wildman–Crippen MR) is 143 cm³/mol. The lowest BCUT2D eigenvalue weighted by Gasteiger charge is -2.31. The first-order valence-corrected chi connectivity index (χ1v) is 14.1. The van der Waals surface area contributed by atoms with Gasteiger partial charge in [-0.3, -0.25) is 23.7 Å². The van der Waals surface area contributed by atoms with Gasteiger partial charge in [-0.15, -0.1) is 0 Å². The molecule has 0 unspecified atom stereocenters. The van der Waals surface area contributed by atoms with E-state index in [1.54, 1.807) is 41.3 Å². The fourth-order valence-corrected chi connectivity index (χ4v) is 8.09. The van der Waals surface area contributed by atoms with Gasteiger partial charge in [0, 0.05) is 28.9 Å². The third-order valence-electron chi connectivity index (χ3n) is 7.04. The van der Waals surface area contributed by atoms with Crippen LogP contribution in [-0.2, 0) is 25.7 Å². The summed E-state index contributed by atoms with van der Waals surface area (Å²) in [4.78, 5) is 56.9. The molecule has 2 saturated heterocycles. The smallest absolute Gasteiger partial charge is 0.308 e. The molecule has 1 N–H and O–H groups in total. The van der Waals surface area contributed by atoms with Crippen molar-refractivity contribution in [2.75, 3.05) is 31.2 Å². The van der Waals surface area contributed by atoms with Crippen molar-refractivity contribution in [3.8, 4) is 5.75 Å². The Hall–Kier alpha value is -3.12. The summed E-state index contributed by atoms with van der Waals surface area (Å²) in [6.45, 7) is 1.65. The van der Waals surface area contributed by atoms with Crippen LogP contribution in [0, 0.1) is 5.92 Å². The molecule has 3 aromatic rings. The fourth-order valence-electron chi connectivity index (χ4n) is 5.19. The molecular formula is C26H22ClN3O6S2. The number of anilines is 1. The van der Waals surface area contributed by atoms with E-state index in [0.29, 0.717) is 52.5 Å². The zero-order valence-corrected chi connectivity index (χ0v) is 22.3. The number of carbonyl (C=O) groups is 3. The highest BCUT2D eigenvalue weighted by molar-refractivity contribution is 8.00. The second kappa shape index (κ2) is 9.88. The van der Waals surface area contributed by atoms with Crippen molar-refractivity contribution in [2.45, 2.75) is 22.7 Å². The van der Waals surface area contributed by atoms with Crippen molar-refractivity contribution in [3.63, 3.8) is 0 Å². The Balaban J connectivity index is 1.43. The van der Waals surface area contributed by atoms with Crippen LogP contribution >= 0.6 is 34.7 Å². The third-order valence-corrected chi connectivity index (χ3v) is 9.90. The molecule has 4 heterocycles. The van der Waals surface area contributed by atoms with Gasteiger partial charge < -0.3 is 14.7 Å². The number of phenolic OH excluding ortho intramolecular Hbond substituents is 1. The minimum Gasteiger partial charge on any atom is -0.508 e. The lowest BCUT2D eigenvalue weighted by molar-refractivity contribution is -0.136. The number of imide groups is 1. The van der Waals surface area contributed by atoms with Crippen molar-refractivity contribution >= 4 is 58.1 Å². The maximum Gasteiger partial charge on any atom is 0.308 e. The zero-order chi connectivity index (χ0) is 26.6. The normalized spacial score (nSPS) is 22.9. The van der Waals surface area contributed by atoms with E-state index in [2.05, 4.69) is 0 Å². The van der Waals surface area contributed by atoms with Gasteiger partial charge >= 0.3 is 4.87 Å². The molecule has 6 rings (SSSR count). The highest BCUT2D eigenvalue weighted by atomic mass is 35.5. The average molecular weight is 572 g/mol. The highest BCUT2D eigenvalue weighted by Gasteiger charge is 2.56. The summed E-state index contributed by atoms with van der Waals surface area (Å²) in [6, 6.07) is 12.9. The number of nitrogens with zero attached hydrogens (tertiary/aromatic N) is 3. The number of phenols is 1. The molecule has 0 radical (unpaired) electrons. The molecule has 3 atom stereocenters. The molecule has 3 aliphatic rings. The summed E-state index contributed by atoms with van der Waals surface area (Å²) < 4.78 is 6.75. The highest BCUT2D eigenvalue weighted by Crippen LogP contribution is 2.54. The van der Waals surface area contributed by atoms with Crippen LogP contribution in [0.2, 0.25) is 5.02 Å². The minimum atomic E-state index is -0.789. The Bertz CT molecular complexity index is 1480. The molecule has 3 amide bonds. The second-order valence-electron chi connectivity index (χ2n) is 9.24. The summed E-state index contributed by atoms with van der Waals surface area (Å²) in [6.07, 6.45) is 0. The SMILES string of the molecule is O=C(Cn1c2c(sc1=O)[C@@H](c1ccc(O)cc1)[C@H]1C(=O)N(c3ccc(Cl)cc3)C(=O)[C@H]1S2)N1CCOCC1. The number of thiazole rings is 1. The number of fused-ring (bicyclic) bond motifs is 2. The number of morpholine rings is 1. The maximum absolute atomic E-state index is 13.8. The van der Waals surface area contributed by atoms with Gasteiger partial charge in [0.2, 0.25) is 17.7 Å². The number of benzene rings is 2. The van der Waals surface area contributed by atoms with Crippen molar-refractivity contribution in [1.82, 2.24) is 9.47 Å². The van der Waals surface area contributed by atoms with E-state index in [0.717, 1.165) is 11.3 Å². The summed E-state index contributed by atoms with van der Waals surface area (Å²) >= 11 is 8.19. The molecule has 9 nitrogen and oxygen atoms in total. The molecule has 196 valence electrons. The van der Waals surface area contributed by atoms with Crippen molar-refractivity contribution in [2.24, 2.45) is 5.92 Å². The van der Waals surface area contributed by atoms with E-state index in [9.17, 15) is 24.3 Å². The number of halogens is 1. The number of carbonyl (C=O) groups excluding carboxylic acids is 3. The van der Waals surface area contributed by atoms with Crippen LogP contribution in [0.1, 0.15) is 16.4 Å². The predicted octanol–water partition coefficient (Wildman–Crippen LogP) is 2.92. The number of amides is 3. The summed E-state index contributed by atoms with van der Waals surface area (Å²) in [5.41, 5.74) is 1.12. The van der Waals surface area contributed by atoms with E-state index >= 15 is 0 Å². The first-order chi connectivity index (χ1) is 18.3. The lowest BCUT2D eigenvalue weighted by Crippen LogP contribution is -2.43. The monoisotopic (exact) mass is 571 g/mol. The molecule has 0 bridgehead atoms. The molecule has 2 aromatic carbocycles. The molecule has 12 heteroatoms. The van der Waals surface area contributed by atoms with Gasteiger partial charge in [-0.2, -0.15) is 0 Å². The third kappa shape index (κ3) is 4.23. The fraction of sp³-hybridized carbons (Fsp3) is 0.308. The number of hydrogen-bond acceptors (Lipinski definition) is 8. The molecule has 0 saturated carbocycles. The molecular weight excluding hydrogens is 550 g/mol. The van der Waals surface area contributed by atoms with Gasteiger partial charge in [0.05, 0.1) is 29.8 Å². The first kappa shape index (κ1) is 25.2. The average Bonchev–Trinajstić information content (AvgIpc) is 3.36. The standard InChI is InChI=1S/C26H22ClN3O6S2/c27-15-3-5-16(6-4-15)30-23(33)20-19(14-1-7-17(31)8-2-14)22-25(37-21(20)24(30)34)29(26(35)38-22)13-18(32)28-9-11-36-12-10-28/h1-8,19-21,31H,9-13H2/t19-,20+,21-/m0/s1. The van der Waals surface area contributed by atoms with Crippen LogP contribution in [0.25, 0.3) is 0 Å². The van der Waals surface area contributed by atoms with Crippen molar-refractivity contribution in [3.05, 3.63) is 73.7 Å². The van der Waals surface area contributed by atoms with Crippen LogP contribution in [-0.4, -0.2) is 63.8 Å². The largest absolute Gasteiger partial charge is 0.508 e. The number of hydrogen-bond donors (Lipinski definition) is 1. The number of aromatic nitrogens is 1. The van der Waals surface area contributed by atoms with E-state index in [4.69, 9.17) is 16.3 Å². The van der Waals surface area contributed by atoms with Crippen LogP contribution in [0.4, 0.5) is 5.69 Å². The van der Waals surface area contributed by atoms with Gasteiger partial charge in [-0.05, 0) is 42.0 Å². The van der Waals surface area contributed by atoms with E-state index < -0.39 is 17.1 Å². The number of thioether (sulfide) groups is 1. The van der Waals surface area contributed by atoms with E-state index in [1.807, 2.05) is 0 Å². The number of ether oxygens (including phenoxy) is 1. The van der Waals surface area contributed by atoms with Gasteiger partial charge in [-0.1, -0.05) is 46.8 Å². The quantitative estimate of drug-likeness (QED) is 0.480. The molecule has 1 aromatic heterocycles. The van der Waals surface area contributed by atoms with Crippen LogP contribution in [0.5, 0.6) is 5.75 Å². The molecule has 3 aliphatic heterocycles. The summed E-state index contributed by atoms with van der Waals surface area (Å²) in [5.74, 6) is -2.24. The first-order valence-electron chi connectivity index (χ1n) is 12.0. The second-order valence-corrected chi connectivity index (χ2v) is 11.8. The van der Waals surface area contributed by atoms with Gasteiger partial charge in [-0.25, -0.2) is 4.90 Å². The van der Waals surface area contributed by atoms with Gasteiger partial charge in [0.25, 0.3) is 0 Å². The van der Waals surface area contributed by atoms with Crippen molar-refractivity contribution in [1.29, 1.82) is 0 Å². The Morgan fingerprint density at radius 3 is 2.37 bits per heavy atom. The van der Waals surface area contributed by atoms with Gasteiger partial charge in [0.15, 0.2) is 0 Å². The topological polar surface area (TPSA) is 109 Å².